The Balaban J connectivity index is 2.17. The molecular weight excluding hydrogens is 387 g/mol. The molecule has 0 unspecified atom stereocenters. The molecule has 0 saturated heterocycles. The van der Waals surface area contributed by atoms with Crippen LogP contribution in [-0.2, 0) is 22.1 Å². The number of anilines is 2. The van der Waals surface area contributed by atoms with Crippen LogP contribution in [0.2, 0.25) is 0 Å². The Morgan fingerprint density at radius 1 is 1.07 bits per heavy atom. The number of nitrogens with one attached hydrogen (secondary N) is 2. The number of carbonyl (C=O) groups excluding carboxylic acids is 2. The molecule has 0 bridgehead atoms. The lowest BCUT2D eigenvalue weighted by Crippen LogP contribution is -2.27. The second-order valence-electron chi connectivity index (χ2n) is 7.29. The fourth-order valence-electron chi connectivity index (χ4n) is 2.36. The van der Waals surface area contributed by atoms with Crippen molar-refractivity contribution in [3.05, 3.63) is 53.9 Å². The van der Waals surface area contributed by atoms with Gasteiger partial charge in [-0.15, -0.1) is 0 Å². The molecule has 2 aromatic rings. The summed E-state index contributed by atoms with van der Waals surface area (Å²) in [6.45, 7) is 4.96. The zero-order chi connectivity index (χ0) is 21.7. The number of aryl methyl sites for hydroxylation is 1. The van der Waals surface area contributed by atoms with Crippen LogP contribution in [0.5, 0.6) is 0 Å². The second kappa shape index (κ2) is 8.93. The molecule has 6 nitrogen and oxygen atoms in total. The van der Waals surface area contributed by atoms with E-state index in [1.807, 2.05) is 0 Å². The average molecular weight is 409 g/mol. The highest BCUT2D eigenvalue weighted by Gasteiger charge is 2.31. The van der Waals surface area contributed by atoms with Gasteiger partial charge in [0.25, 0.3) is 0 Å². The Kier molecular flexibility index (Phi) is 6.84. The Hall–Kier alpha value is -3.10. The molecule has 0 aliphatic heterocycles. The van der Waals surface area contributed by atoms with Gasteiger partial charge in [-0.2, -0.15) is 13.2 Å². The van der Waals surface area contributed by atoms with Gasteiger partial charge in [-0.25, -0.2) is 4.79 Å². The molecule has 0 atom stereocenters. The average Bonchev–Trinajstić information content (AvgIpc) is 2.60. The fraction of sp³-hybridized carbons (Fsp3) is 0.350. The highest BCUT2D eigenvalue weighted by Crippen LogP contribution is 2.34. The molecule has 0 radical (unpaired) electrons. The number of hydrogen-bond donors (Lipinski definition) is 2. The van der Waals surface area contributed by atoms with Gasteiger partial charge < -0.3 is 10.1 Å². The Labute approximate surface area is 166 Å². The molecule has 0 aliphatic carbocycles. The van der Waals surface area contributed by atoms with Crippen molar-refractivity contribution in [2.45, 2.75) is 45.4 Å². The molecule has 1 aromatic heterocycles. The van der Waals surface area contributed by atoms with E-state index in [2.05, 4.69) is 15.6 Å². The third-order valence-corrected chi connectivity index (χ3v) is 3.62. The van der Waals surface area contributed by atoms with E-state index in [1.165, 1.54) is 0 Å². The number of ether oxygens (including phenoxy) is 1. The van der Waals surface area contributed by atoms with Crippen molar-refractivity contribution in [2.24, 2.45) is 0 Å². The predicted molar refractivity (Wildman–Crippen MR) is 102 cm³/mol. The van der Waals surface area contributed by atoms with Gasteiger partial charge in [-0.05, 0) is 57.0 Å². The summed E-state index contributed by atoms with van der Waals surface area (Å²) < 4.78 is 44.3. The number of amides is 2. The molecule has 0 spiro atoms. The lowest BCUT2D eigenvalue weighted by molar-refractivity contribution is -0.137. The zero-order valence-electron chi connectivity index (χ0n) is 16.3. The number of rotatable bonds is 5. The molecule has 2 N–H and O–H groups in total. The first-order valence-corrected chi connectivity index (χ1v) is 8.84. The van der Waals surface area contributed by atoms with Crippen LogP contribution < -0.4 is 10.6 Å². The maximum absolute atomic E-state index is 13.1. The quantitative estimate of drug-likeness (QED) is 0.727. The number of aromatic nitrogens is 1. The topological polar surface area (TPSA) is 80.3 Å². The molecular formula is C20H22F3N3O3. The largest absolute Gasteiger partial charge is 0.444 e. The van der Waals surface area contributed by atoms with Crippen molar-refractivity contribution in [2.75, 3.05) is 10.6 Å². The van der Waals surface area contributed by atoms with Gasteiger partial charge in [0.2, 0.25) is 5.91 Å². The highest BCUT2D eigenvalue weighted by molar-refractivity contribution is 5.98. The molecule has 9 heteroatoms. The maximum atomic E-state index is 13.1. The second-order valence-corrected chi connectivity index (χ2v) is 7.29. The number of benzene rings is 1. The van der Waals surface area contributed by atoms with E-state index in [9.17, 15) is 22.8 Å². The first-order valence-electron chi connectivity index (χ1n) is 8.84. The molecule has 156 valence electrons. The van der Waals surface area contributed by atoms with Gasteiger partial charge in [0.1, 0.15) is 5.60 Å². The van der Waals surface area contributed by atoms with Gasteiger partial charge in [0, 0.05) is 18.8 Å². The van der Waals surface area contributed by atoms with Crippen LogP contribution in [0.4, 0.5) is 29.3 Å². The van der Waals surface area contributed by atoms with Crippen LogP contribution in [0.25, 0.3) is 0 Å². The standard InChI is InChI=1S/C20H22F3N3O3/c1-19(2,3)29-18(28)26-15-8-7-14(20(21,22)23)11-16(15)25-17(27)9-6-13-5-4-10-24-12-13/h4-5,7-8,10-12H,6,9H2,1-3H3,(H,25,27)(H,26,28). The van der Waals surface area contributed by atoms with Crippen molar-refractivity contribution in [1.82, 2.24) is 4.98 Å². The molecule has 1 heterocycles. The molecule has 2 rings (SSSR count). The number of carbonyl (C=O) groups is 2. The molecule has 0 aliphatic rings. The van der Waals surface area contributed by atoms with E-state index in [0.717, 1.165) is 23.8 Å². The van der Waals surface area contributed by atoms with E-state index < -0.39 is 29.3 Å². The van der Waals surface area contributed by atoms with Crippen LogP contribution in [0, 0.1) is 0 Å². The lowest BCUT2D eigenvalue weighted by atomic mass is 10.1. The first-order chi connectivity index (χ1) is 13.4. The molecule has 0 saturated carbocycles. The van der Waals surface area contributed by atoms with Gasteiger partial charge in [0.05, 0.1) is 16.9 Å². The van der Waals surface area contributed by atoms with Crippen molar-refractivity contribution < 1.29 is 27.5 Å². The molecule has 1 aromatic carbocycles. The van der Waals surface area contributed by atoms with Crippen molar-refractivity contribution in [1.29, 1.82) is 0 Å². The SMILES string of the molecule is CC(C)(C)OC(=O)Nc1ccc(C(F)(F)F)cc1NC(=O)CCc1cccnc1. The molecule has 0 fully saturated rings. The Morgan fingerprint density at radius 3 is 2.38 bits per heavy atom. The summed E-state index contributed by atoms with van der Waals surface area (Å²) >= 11 is 0. The van der Waals surface area contributed by atoms with Gasteiger partial charge in [0.15, 0.2) is 0 Å². The summed E-state index contributed by atoms with van der Waals surface area (Å²) in [5.41, 5.74) is -1.08. The summed E-state index contributed by atoms with van der Waals surface area (Å²) in [6, 6.07) is 6.18. The van der Waals surface area contributed by atoms with Crippen LogP contribution in [0.15, 0.2) is 42.7 Å². The van der Waals surface area contributed by atoms with Crippen LogP contribution >= 0.6 is 0 Å². The number of alkyl halides is 3. The van der Waals surface area contributed by atoms with Crippen molar-refractivity contribution >= 4 is 23.4 Å². The smallest absolute Gasteiger partial charge is 0.416 e. The Morgan fingerprint density at radius 2 is 1.79 bits per heavy atom. The maximum Gasteiger partial charge on any atom is 0.416 e. The van der Waals surface area contributed by atoms with Gasteiger partial charge in [-0.1, -0.05) is 6.07 Å². The van der Waals surface area contributed by atoms with E-state index in [1.54, 1.807) is 45.3 Å². The van der Waals surface area contributed by atoms with E-state index in [0.29, 0.717) is 6.42 Å². The first kappa shape index (κ1) is 22.2. The third kappa shape index (κ3) is 7.44. The van der Waals surface area contributed by atoms with E-state index in [-0.39, 0.29) is 17.8 Å². The minimum atomic E-state index is -4.60. The monoisotopic (exact) mass is 409 g/mol. The van der Waals surface area contributed by atoms with E-state index >= 15 is 0 Å². The number of pyridine rings is 1. The molecule has 2 amide bonds. The normalized spacial score (nSPS) is 11.7. The lowest BCUT2D eigenvalue weighted by Gasteiger charge is -2.21. The summed E-state index contributed by atoms with van der Waals surface area (Å²) in [6.07, 6.45) is -1.84. The number of nitrogens with zero attached hydrogens (tertiary/aromatic N) is 1. The summed E-state index contributed by atoms with van der Waals surface area (Å²) in [4.78, 5) is 28.2. The fourth-order valence-corrected chi connectivity index (χ4v) is 2.36. The minimum Gasteiger partial charge on any atom is -0.444 e. The van der Waals surface area contributed by atoms with Crippen molar-refractivity contribution in [3.63, 3.8) is 0 Å². The van der Waals surface area contributed by atoms with Gasteiger partial charge >= 0.3 is 12.3 Å². The van der Waals surface area contributed by atoms with E-state index in [4.69, 9.17) is 4.74 Å². The van der Waals surface area contributed by atoms with Crippen molar-refractivity contribution in [3.8, 4) is 0 Å². The Bertz CT molecular complexity index is 863. The zero-order valence-corrected chi connectivity index (χ0v) is 16.3. The summed E-state index contributed by atoms with van der Waals surface area (Å²) in [5.74, 6) is -0.500. The summed E-state index contributed by atoms with van der Waals surface area (Å²) in [7, 11) is 0. The highest BCUT2D eigenvalue weighted by atomic mass is 19.4. The number of hydrogen-bond acceptors (Lipinski definition) is 4. The minimum absolute atomic E-state index is 0.00183. The van der Waals surface area contributed by atoms with Crippen LogP contribution in [0.1, 0.15) is 38.3 Å². The third-order valence-electron chi connectivity index (χ3n) is 3.62. The van der Waals surface area contributed by atoms with Crippen LogP contribution in [0.3, 0.4) is 0 Å². The van der Waals surface area contributed by atoms with Gasteiger partial charge in [-0.3, -0.25) is 15.1 Å². The molecule has 29 heavy (non-hydrogen) atoms. The number of halogens is 3. The van der Waals surface area contributed by atoms with Crippen LogP contribution in [-0.4, -0.2) is 22.6 Å². The predicted octanol–water partition coefficient (Wildman–Crippen LogP) is 5.02. The summed E-state index contributed by atoms with van der Waals surface area (Å²) in [5, 5.41) is 4.80.